The maximum absolute atomic E-state index is 13.7. The zero-order valence-corrected chi connectivity index (χ0v) is 19.3. The van der Waals surface area contributed by atoms with Gasteiger partial charge in [0.1, 0.15) is 5.82 Å². The standard InChI is InChI=1S/C26H28N4O3/c1-29(2)30-20-12-18(16-8-6-5-7-9-16)13-21(31)25(20)24(19(15-27)26(30)28)17-10-11-22(32-3)23(14-17)33-4/h5-11,14,18,24H,12-13,28H2,1-4H3/t18-,24+/m1/s1. The van der Waals surface area contributed by atoms with Gasteiger partial charge in [-0.15, -0.1) is 0 Å². The van der Waals surface area contributed by atoms with Crippen LogP contribution in [0.2, 0.25) is 0 Å². The van der Waals surface area contributed by atoms with Gasteiger partial charge in [-0.25, -0.2) is 5.01 Å². The van der Waals surface area contributed by atoms with Crippen molar-refractivity contribution in [2.24, 2.45) is 5.73 Å². The molecule has 0 bridgehead atoms. The lowest BCUT2D eigenvalue weighted by molar-refractivity contribution is -0.117. The van der Waals surface area contributed by atoms with Crippen LogP contribution in [0.3, 0.4) is 0 Å². The van der Waals surface area contributed by atoms with Gasteiger partial charge in [0.15, 0.2) is 17.3 Å². The van der Waals surface area contributed by atoms with Crippen LogP contribution in [0, 0.1) is 11.3 Å². The van der Waals surface area contributed by atoms with E-state index in [0.717, 1.165) is 16.8 Å². The van der Waals surface area contributed by atoms with Crippen molar-refractivity contribution in [2.45, 2.75) is 24.7 Å². The monoisotopic (exact) mass is 444 g/mol. The van der Waals surface area contributed by atoms with Gasteiger partial charge in [0, 0.05) is 31.8 Å². The number of hydrazine groups is 1. The van der Waals surface area contributed by atoms with Gasteiger partial charge in [-0.1, -0.05) is 36.4 Å². The summed E-state index contributed by atoms with van der Waals surface area (Å²) in [4.78, 5) is 13.7. The Kier molecular flexibility index (Phi) is 6.12. The first kappa shape index (κ1) is 22.4. The summed E-state index contributed by atoms with van der Waals surface area (Å²) in [5, 5.41) is 13.7. The minimum Gasteiger partial charge on any atom is -0.493 e. The van der Waals surface area contributed by atoms with E-state index < -0.39 is 5.92 Å². The summed E-state index contributed by atoms with van der Waals surface area (Å²) >= 11 is 0. The van der Waals surface area contributed by atoms with Crippen LogP contribution in [0.5, 0.6) is 11.5 Å². The van der Waals surface area contributed by atoms with Crippen LogP contribution in [-0.4, -0.2) is 44.1 Å². The largest absolute Gasteiger partial charge is 0.493 e. The lowest BCUT2D eigenvalue weighted by Gasteiger charge is -2.43. The third-order valence-electron chi connectivity index (χ3n) is 6.35. The van der Waals surface area contributed by atoms with Crippen LogP contribution in [0.25, 0.3) is 0 Å². The quantitative estimate of drug-likeness (QED) is 0.752. The van der Waals surface area contributed by atoms with Gasteiger partial charge in [-0.05, 0) is 35.6 Å². The highest BCUT2D eigenvalue weighted by molar-refractivity contribution is 6.00. The number of ether oxygens (including phenoxy) is 2. The molecular weight excluding hydrogens is 416 g/mol. The Morgan fingerprint density at radius 2 is 1.73 bits per heavy atom. The number of Topliss-reactive ketones (excluding diaryl/α,β-unsaturated/α-hetero) is 1. The molecule has 4 rings (SSSR count). The van der Waals surface area contributed by atoms with Crippen LogP contribution < -0.4 is 15.2 Å². The summed E-state index contributed by atoms with van der Waals surface area (Å²) in [5.41, 5.74) is 10.3. The van der Waals surface area contributed by atoms with E-state index in [1.165, 1.54) is 0 Å². The van der Waals surface area contributed by atoms with E-state index in [1.54, 1.807) is 25.3 Å². The van der Waals surface area contributed by atoms with Gasteiger partial charge in [-0.3, -0.25) is 9.80 Å². The fourth-order valence-electron chi connectivity index (χ4n) is 4.90. The summed E-state index contributed by atoms with van der Waals surface area (Å²) in [6, 6.07) is 17.8. The second kappa shape index (κ2) is 9.00. The molecule has 2 N–H and O–H groups in total. The molecule has 2 aromatic carbocycles. The van der Waals surface area contributed by atoms with E-state index in [9.17, 15) is 10.1 Å². The number of ketones is 1. The Hall–Kier alpha value is -3.76. The van der Waals surface area contributed by atoms with Crippen LogP contribution in [0.15, 0.2) is 71.2 Å². The van der Waals surface area contributed by atoms with Gasteiger partial charge >= 0.3 is 0 Å². The molecule has 1 heterocycles. The third-order valence-corrected chi connectivity index (χ3v) is 6.35. The van der Waals surface area contributed by atoms with Gasteiger partial charge in [0.2, 0.25) is 0 Å². The molecule has 2 atom stereocenters. The average Bonchev–Trinajstić information content (AvgIpc) is 2.82. The van der Waals surface area contributed by atoms with Gasteiger partial charge in [0.05, 0.1) is 31.8 Å². The number of rotatable bonds is 5. The summed E-state index contributed by atoms with van der Waals surface area (Å²) < 4.78 is 10.9. The van der Waals surface area contributed by atoms with E-state index >= 15 is 0 Å². The number of carbonyl (C=O) groups is 1. The maximum atomic E-state index is 13.7. The lowest BCUT2D eigenvalue weighted by Crippen LogP contribution is -2.46. The zero-order chi connectivity index (χ0) is 23.7. The minimum atomic E-state index is -0.565. The van der Waals surface area contributed by atoms with Crippen molar-refractivity contribution < 1.29 is 14.3 Å². The predicted octanol–water partition coefficient (Wildman–Crippen LogP) is 3.67. The fraction of sp³-hybridized carbons (Fsp3) is 0.308. The molecule has 7 heteroatoms. The number of hydrogen-bond donors (Lipinski definition) is 1. The molecule has 170 valence electrons. The molecule has 0 amide bonds. The van der Waals surface area contributed by atoms with Gasteiger partial charge in [-0.2, -0.15) is 5.26 Å². The summed E-state index contributed by atoms with van der Waals surface area (Å²) in [5.74, 6) is 0.955. The smallest absolute Gasteiger partial charge is 0.162 e. The first-order valence-corrected chi connectivity index (χ1v) is 10.8. The lowest BCUT2D eigenvalue weighted by atomic mass is 9.72. The fourth-order valence-corrected chi connectivity index (χ4v) is 4.90. The van der Waals surface area contributed by atoms with E-state index in [-0.39, 0.29) is 11.7 Å². The topological polar surface area (TPSA) is 91.8 Å². The number of nitrogens with two attached hydrogens (primary N) is 1. The Morgan fingerprint density at radius 3 is 2.33 bits per heavy atom. The molecule has 0 aromatic heterocycles. The molecule has 33 heavy (non-hydrogen) atoms. The molecule has 2 aliphatic rings. The molecule has 0 fully saturated rings. The third kappa shape index (κ3) is 3.83. The highest BCUT2D eigenvalue weighted by atomic mass is 16.5. The highest BCUT2D eigenvalue weighted by Crippen LogP contribution is 2.48. The normalized spacial score (nSPS) is 20.6. The van der Waals surface area contributed by atoms with E-state index in [2.05, 4.69) is 18.2 Å². The first-order chi connectivity index (χ1) is 15.9. The number of nitrogens with zero attached hydrogens (tertiary/aromatic N) is 3. The molecule has 1 aliphatic heterocycles. The van der Waals surface area contributed by atoms with Gasteiger partial charge in [0.25, 0.3) is 0 Å². The molecule has 1 aliphatic carbocycles. The van der Waals surface area contributed by atoms with Crippen LogP contribution in [-0.2, 0) is 4.79 Å². The number of allylic oxidation sites excluding steroid dienone is 3. The Labute approximate surface area is 194 Å². The van der Waals surface area contributed by atoms with Crippen LogP contribution in [0.4, 0.5) is 0 Å². The molecule has 0 saturated heterocycles. The number of hydrogen-bond acceptors (Lipinski definition) is 7. The zero-order valence-electron chi connectivity index (χ0n) is 19.3. The molecular formula is C26H28N4O3. The minimum absolute atomic E-state index is 0.0250. The van der Waals surface area contributed by atoms with Crippen molar-refractivity contribution >= 4 is 5.78 Å². The molecule has 0 unspecified atom stereocenters. The van der Waals surface area contributed by atoms with E-state index in [1.807, 2.05) is 49.4 Å². The first-order valence-electron chi connectivity index (χ1n) is 10.8. The number of nitriles is 1. The van der Waals surface area contributed by atoms with Crippen molar-refractivity contribution in [1.82, 2.24) is 10.0 Å². The predicted molar refractivity (Wildman–Crippen MR) is 125 cm³/mol. The Morgan fingerprint density at radius 1 is 1.03 bits per heavy atom. The molecule has 0 radical (unpaired) electrons. The average molecular weight is 445 g/mol. The SMILES string of the molecule is COc1ccc([C@H]2C(C#N)=C(N)N(N(C)C)C3=C2C(=O)C[C@H](c2ccccc2)C3)cc1OC. The van der Waals surface area contributed by atoms with Crippen molar-refractivity contribution in [3.8, 4) is 17.6 Å². The summed E-state index contributed by atoms with van der Waals surface area (Å²) in [6.07, 6.45) is 1.03. The van der Waals surface area contributed by atoms with E-state index in [0.29, 0.717) is 41.3 Å². The van der Waals surface area contributed by atoms with Crippen LogP contribution in [0.1, 0.15) is 35.8 Å². The molecule has 2 aromatic rings. The summed E-state index contributed by atoms with van der Waals surface area (Å²) in [7, 11) is 6.85. The number of carbonyl (C=O) groups excluding carboxylic acids is 1. The van der Waals surface area contributed by atoms with Crippen molar-refractivity contribution in [1.29, 1.82) is 5.26 Å². The molecule has 7 nitrogen and oxygen atoms in total. The van der Waals surface area contributed by atoms with Gasteiger partial charge < -0.3 is 15.2 Å². The second-order valence-electron chi connectivity index (χ2n) is 8.42. The molecule has 0 saturated carbocycles. The van der Waals surface area contributed by atoms with Crippen molar-refractivity contribution in [2.75, 3.05) is 28.3 Å². The number of methoxy groups -OCH3 is 2. The summed E-state index contributed by atoms with van der Waals surface area (Å²) in [6.45, 7) is 0. The maximum Gasteiger partial charge on any atom is 0.162 e. The Balaban J connectivity index is 1.90. The Bertz CT molecular complexity index is 1180. The van der Waals surface area contributed by atoms with Crippen molar-refractivity contribution in [3.05, 3.63) is 82.3 Å². The second-order valence-corrected chi connectivity index (χ2v) is 8.42. The molecule has 0 spiro atoms. The van der Waals surface area contributed by atoms with Crippen molar-refractivity contribution in [3.63, 3.8) is 0 Å². The van der Waals surface area contributed by atoms with Crippen LogP contribution >= 0.6 is 0 Å². The number of benzene rings is 2. The van der Waals surface area contributed by atoms with E-state index in [4.69, 9.17) is 15.2 Å². The highest BCUT2D eigenvalue weighted by Gasteiger charge is 2.43.